The molecule has 0 saturated carbocycles. The zero-order valence-corrected chi connectivity index (χ0v) is 14.3. The lowest BCUT2D eigenvalue weighted by atomic mass is 10.4. The predicted octanol–water partition coefficient (Wildman–Crippen LogP) is 6.48. The van der Waals surface area contributed by atoms with Gasteiger partial charge in [0.2, 0.25) is 0 Å². The van der Waals surface area contributed by atoms with Crippen LogP contribution in [0.15, 0.2) is 36.4 Å². The number of hydrogen-bond acceptors (Lipinski definition) is 2. The minimum atomic E-state index is -3.22. The molecule has 0 radical (unpaired) electrons. The molecule has 102 valence electrons. The Labute approximate surface area is 128 Å². The molecule has 0 spiro atoms. The molecule has 0 bridgehead atoms. The van der Waals surface area contributed by atoms with Crippen molar-refractivity contribution in [3.05, 3.63) is 36.4 Å². The van der Waals surface area contributed by atoms with Crippen LogP contribution in [0.2, 0.25) is 0 Å². The molecule has 0 fully saturated rings. The maximum Gasteiger partial charge on any atom is 0.339 e. The van der Waals surface area contributed by atoms with Crippen LogP contribution in [0.25, 0.3) is 0 Å². The summed E-state index contributed by atoms with van der Waals surface area (Å²) < 4.78 is 19.0. The Morgan fingerprint density at radius 3 is 0.647 bits per heavy atom. The molecule has 0 heterocycles. The molecular weight excluding hydrogens is 395 g/mol. The first-order valence-corrected chi connectivity index (χ1v) is 12.2. The van der Waals surface area contributed by atoms with Crippen LogP contribution >= 0.6 is 77.8 Å². The second-order valence-electron chi connectivity index (χ2n) is 1.95. The molecule has 1 aromatic rings. The number of rotatable bonds is 0. The lowest BCUT2D eigenvalue weighted by molar-refractivity contribution is 0.599. The van der Waals surface area contributed by atoms with Crippen molar-refractivity contribution >= 4 is 77.8 Å². The molecule has 11 heteroatoms. The first-order chi connectivity index (χ1) is 7.00. The summed E-state index contributed by atoms with van der Waals surface area (Å²) in [5.74, 6) is 0. The van der Waals surface area contributed by atoms with E-state index in [1.165, 1.54) is 0 Å². The van der Waals surface area contributed by atoms with Crippen molar-refractivity contribution < 1.29 is 14.6 Å². The lowest BCUT2D eigenvalue weighted by Gasteiger charge is -1.74. The fourth-order valence-corrected chi connectivity index (χ4v) is 0.385. The third kappa shape index (κ3) is 75.5. The summed E-state index contributed by atoms with van der Waals surface area (Å²) in [5, 5.41) is -6.44. The third-order valence-corrected chi connectivity index (χ3v) is 0.667. The van der Waals surface area contributed by atoms with Crippen molar-refractivity contribution in [1.82, 2.24) is 0 Å². The van der Waals surface area contributed by atoms with Gasteiger partial charge in [-0.05, 0) is 67.4 Å². The lowest BCUT2D eigenvalue weighted by Crippen LogP contribution is -1.47. The van der Waals surface area contributed by atoms with Gasteiger partial charge in [-0.3, -0.25) is 9.13 Å². The second kappa shape index (κ2) is 12.4. The van der Waals surface area contributed by atoms with E-state index in [0.717, 1.165) is 0 Å². The van der Waals surface area contributed by atoms with Crippen molar-refractivity contribution in [2.45, 2.75) is 0 Å². The Balaban J connectivity index is -0.000000170. The molecule has 0 amide bonds. The summed E-state index contributed by atoms with van der Waals surface area (Å²) in [6.07, 6.45) is 0. The van der Waals surface area contributed by atoms with Gasteiger partial charge in [0.15, 0.2) is 0 Å². The van der Waals surface area contributed by atoms with Gasteiger partial charge in [-0.2, -0.15) is 0 Å². The maximum absolute atomic E-state index is 9.51. The van der Waals surface area contributed by atoms with Crippen LogP contribution < -0.4 is 0 Å². The minimum absolute atomic E-state index is 0. The highest BCUT2D eigenvalue weighted by Gasteiger charge is 2.03. The summed E-state index contributed by atoms with van der Waals surface area (Å²) >= 11 is 27.7. The highest BCUT2D eigenvalue weighted by molar-refractivity contribution is 8.25. The van der Waals surface area contributed by atoms with Crippen molar-refractivity contribution in [3.63, 3.8) is 0 Å². The van der Waals surface area contributed by atoms with Gasteiger partial charge in [0.1, 0.15) is 0 Å². The van der Waals surface area contributed by atoms with Crippen LogP contribution in [0.5, 0.6) is 0 Å². The topological polar surface area (TPSA) is 65.6 Å². The van der Waals surface area contributed by atoms with Crippen LogP contribution in [0, 0.1) is 0 Å². The van der Waals surface area contributed by atoms with Gasteiger partial charge in [0.25, 0.3) is 0 Å². The first-order valence-electron chi connectivity index (χ1n) is 3.38. The Morgan fingerprint density at radius 2 is 0.588 bits per heavy atom. The largest absolute Gasteiger partial charge is 0.412 e. The highest BCUT2D eigenvalue weighted by Crippen LogP contribution is 2.61. The smallest absolute Gasteiger partial charge is 0.339 e. The molecule has 1 rings (SSSR count). The molecule has 0 aliphatic carbocycles. The zero-order valence-electron chi connectivity index (χ0n) is 7.94. The standard InChI is InChI=1S/C6H6.2Cl3OP.H2O/c1-2-4-6-5-3-1;2*1-5(2,3)4;/h1-6H;;;1H2. The van der Waals surface area contributed by atoms with Gasteiger partial charge in [-0.1, -0.05) is 36.4 Å². The minimum Gasteiger partial charge on any atom is -0.412 e. The molecule has 3 nitrogen and oxygen atoms in total. The third-order valence-electron chi connectivity index (χ3n) is 0.667. The average molecular weight is 403 g/mol. The molecule has 0 unspecified atom stereocenters. The van der Waals surface area contributed by atoms with E-state index in [9.17, 15) is 9.13 Å². The van der Waals surface area contributed by atoms with E-state index in [4.69, 9.17) is 0 Å². The van der Waals surface area contributed by atoms with Crippen LogP contribution in [0.1, 0.15) is 0 Å². The summed E-state index contributed by atoms with van der Waals surface area (Å²) in [4.78, 5) is 0. The molecule has 0 aromatic heterocycles. The van der Waals surface area contributed by atoms with E-state index < -0.39 is 10.4 Å². The van der Waals surface area contributed by atoms with E-state index >= 15 is 0 Å². The van der Waals surface area contributed by atoms with Crippen molar-refractivity contribution in [3.8, 4) is 0 Å². The van der Waals surface area contributed by atoms with E-state index in [1.807, 2.05) is 36.4 Å². The van der Waals surface area contributed by atoms with E-state index in [0.29, 0.717) is 0 Å². The average Bonchev–Trinajstić information content (AvgIpc) is 2.01. The number of benzene rings is 1. The molecular formula is C6H8Cl6O3P2. The van der Waals surface area contributed by atoms with Crippen LogP contribution in [0.4, 0.5) is 0 Å². The first kappa shape index (κ1) is 23.5. The van der Waals surface area contributed by atoms with Crippen LogP contribution in [-0.2, 0) is 9.13 Å². The Hall–Kier alpha value is 1.38. The molecule has 0 aliphatic heterocycles. The summed E-state index contributed by atoms with van der Waals surface area (Å²) in [7, 11) is 0. The Kier molecular flexibility index (Phi) is 17.1. The van der Waals surface area contributed by atoms with Gasteiger partial charge >= 0.3 is 10.4 Å². The van der Waals surface area contributed by atoms with Crippen molar-refractivity contribution in [2.24, 2.45) is 0 Å². The highest BCUT2D eigenvalue weighted by atomic mass is 36.1. The molecule has 17 heavy (non-hydrogen) atoms. The van der Waals surface area contributed by atoms with Gasteiger partial charge < -0.3 is 5.48 Å². The van der Waals surface area contributed by atoms with E-state index in [2.05, 4.69) is 67.4 Å². The second-order valence-corrected chi connectivity index (χ2v) is 15.2. The summed E-state index contributed by atoms with van der Waals surface area (Å²) in [6.45, 7) is 0. The van der Waals surface area contributed by atoms with E-state index in [-0.39, 0.29) is 5.48 Å². The quantitative estimate of drug-likeness (QED) is 0.466. The molecule has 1 aromatic carbocycles. The monoisotopic (exact) mass is 400 g/mol. The van der Waals surface area contributed by atoms with Gasteiger partial charge in [0, 0.05) is 0 Å². The molecule has 2 N–H and O–H groups in total. The SMILES string of the molecule is O.O=P(Cl)(Cl)Cl.O=P(Cl)(Cl)Cl.c1ccccc1. The molecule has 0 atom stereocenters. The Bertz CT molecular complexity index is 287. The fraction of sp³-hybridized carbons (Fsp3) is 0. The van der Waals surface area contributed by atoms with Crippen molar-refractivity contribution in [2.75, 3.05) is 0 Å². The summed E-state index contributed by atoms with van der Waals surface area (Å²) in [5.41, 5.74) is 0. The van der Waals surface area contributed by atoms with Crippen molar-refractivity contribution in [1.29, 1.82) is 0 Å². The maximum atomic E-state index is 9.51. The normalized spacial score (nSPS) is 9.76. The fourth-order valence-electron chi connectivity index (χ4n) is 0.385. The van der Waals surface area contributed by atoms with Crippen LogP contribution in [0.3, 0.4) is 0 Å². The number of halogens is 6. The molecule has 0 aliphatic rings. The zero-order chi connectivity index (χ0) is 13.2. The molecule has 0 saturated heterocycles. The Morgan fingerprint density at radius 1 is 0.529 bits per heavy atom. The van der Waals surface area contributed by atoms with E-state index in [1.54, 1.807) is 0 Å². The predicted molar refractivity (Wildman–Crippen MR) is 80.4 cm³/mol. The van der Waals surface area contributed by atoms with Gasteiger partial charge in [-0.15, -0.1) is 0 Å². The van der Waals surface area contributed by atoms with Gasteiger partial charge in [0.05, 0.1) is 0 Å². The van der Waals surface area contributed by atoms with Gasteiger partial charge in [-0.25, -0.2) is 0 Å². The summed E-state index contributed by atoms with van der Waals surface area (Å²) in [6, 6.07) is 12.0. The number of hydrogen-bond donors (Lipinski definition) is 0. The van der Waals surface area contributed by atoms with Crippen LogP contribution in [-0.4, -0.2) is 5.48 Å².